The summed E-state index contributed by atoms with van der Waals surface area (Å²) >= 11 is 0. The first-order valence-corrected chi connectivity index (χ1v) is 7.01. The van der Waals surface area contributed by atoms with E-state index in [2.05, 4.69) is 44.1 Å². The number of pyridine rings is 1. The molecular weight excluding hydrogens is 224 g/mol. The van der Waals surface area contributed by atoms with Crippen LogP contribution in [0.5, 0.6) is 5.88 Å². The number of nitrogens with one attached hydrogen (secondary N) is 1. The van der Waals surface area contributed by atoms with Crippen molar-refractivity contribution in [2.24, 2.45) is 0 Å². The Kier molecular flexibility index (Phi) is 6.73. The summed E-state index contributed by atoms with van der Waals surface area (Å²) in [5.74, 6) is 0.767. The molecule has 1 N–H and O–H groups in total. The van der Waals surface area contributed by atoms with Gasteiger partial charge in [0.1, 0.15) is 0 Å². The first kappa shape index (κ1) is 15.0. The molecule has 1 aromatic rings. The van der Waals surface area contributed by atoms with Gasteiger partial charge in [-0.05, 0) is 24.5 Å². The van der Waals surface area contributed by atoms with Crippen molar-refractivity contribution in [2.45, 2.75) is 59.5 Å². The predicted molar refractivity (Wildman–Crippen MR) is 76.0 cm³/mol. The summed E-state index contributed by atoms with van der Waals surface area (Å²) in [5, 5.41) is 3.43. The van der Waals surface area contributed by atoms with Gasteiger partial charge in [0.25, 0.3) is 0 Å². The van der Waals surface area contributed by atoms with E-state index in [0.29, 0.717) is 6.04 Å². The van der Waals surface area contributed by atoms with Crippen LogP contribution in [0.3, 0.4) is 0 Å². The van der Waals surface area contributed by atoms with Crippen molar-refractivity contribution in [3.63, 3.8) is 0 Å². The minimum Gasteiger partial charge on any atom is -0.478 e. The predicted octanol–water partition coefficient (Wildman–Crippen LogP) is 3.32. The quantitative estimate of drug-likeness (QED) is 0.768. The van der Waals surface area contributed by atoms with Gasteiger partial charge in [-0.2, -0.15) is 0 Å². The summed E-state index contributed by atoms with van der Waals surface area (Å²) in [5.41, 5.74) is 2.39. The van der Waals surface area contributed by atoms with Crippen LogP contribution in [0.25, 0.3) is 0 Å². The lowest BCUT2D eigenvalue weighted by molar-refractivity contribution is 0.304. The third kappa shape index (κ3) is 5.50. The van der Waals surface area contributed by atoms with E-state index in [9.17, 15) is 0 Å². The number of ether oxygens (including phenoxy) is 1. The van der Waals surface area contributed by atoms with Gasteiger partial charge in [-0.15, -0.1) is 0 Å². The van der Waals surface area contributed by atoms with Crippen molar-refractivity contribution in [3.05, 3.63) is 23.4 Å². The topological polar surface area (TPSA) is 34.1 Å². The van der Waals surface area contributed by atoms with E-state index in [1.807, 2.05) is 6.07 Å². The number of rotatable bonds is 8. The Morgan fingerprint density at radius 1 is 1.22 bits per heavy atom. The molecule has 0 aliphatic heterocycles. The van der Waals surface area contributed by atoms with Gasteiger partial charge in [-0.3, -0.25) is 0 Å². The number of aryl methyl sites for hydroxylation is 1. The maximum atomic E-state index is 5.65. The van der Waals surface area contributed by atoms with Gasteiger partial charge < -0.3 is 10.1 Å². The molecule has 0 saturated carbocycles. The monoisotopic (exact) mass is 250 g/mol. The summed E-state index contributed by atoms with van der Waals surface area (Å²) in [6.07, 6.45) is 3.14. The number of nitrogens with zero attached hydrogens (tertiary/aromatic N) is 1. The molecule has 1 aromatic heterocycles. The van der Waals surface area contributed by atoms with Crippen LogP contribution in [0.1, 0.15) is 51.8 Å². The van der Waals surface area contributed by atoms with E-state index in [4.69, 9.17) is 4.74 Å². The normalized spacial score (nSPS) is 10.9. The van der Waals surface area contributed by atoms with Crippen molar-refractivity contribution in [3.8, 4) is 5.88 Å². The number of aromatic nitrogens is 1. The van der Waals surface area contributed by atoms with Crippen LogP contribution in [-0.2, 0) is 13.0 Å². The third-order valence-corrected chi connectivity index (χ3v) is 2.59. The molecule has 0 aliphatic rings. The van der Waals surface area contributed by atoms with Crippen LogP contribution >= 0.6 is 0 Å². The third-order valence-electron chi connectivity index (χ3n) is 2.59. The molecule has 0 aliphatic carbocycles. The van der Waals surface area contributed by atoms with E-state index < -0.39 is 0 Å². The maximum Gasteiger partial charge on any atom is 0.213 e. The molecule has 3 nitrogen and oxygen atoms in total. The Morgan fingerprint density at radius 2 is 2.00 bits per heavy atom. The first-order chi connectivity index (χ1) is 8.65. The molecule has 0 radical (unpaired) electrons. The molecule has 1 heterocycles. The highest BCUT2D eigenvalue weighted by Gasteiger charge is 2.04. The first-order valence-electron chi connectivity index (χ1n) is 7.01. The zero-order valence-corrected chi connectivity index (χ0v) is 12.1. The molecule has 0 fully saturated rings. The Bertz CT molecular complexity index is 350. The fourth-order valence-corrected chi connectivity index (χ4v) is 1.71. The summed E-state index contributed by atoms with van der Waals surface area (Å²) in [7, 11) is 0. The van der Waals surface area contributed by atoms with Crippen molar-refractivity contribution in [2.75, 3.05) is 6.61 Å². The molecule has 1 rings (SSSR count). The van der Waals surface area contributed by atoms with Crippen LogP contribution in [0, 0.1) is 0 Å². The van der Waals surface area contributed by atoms with Gasteiger partial charge in [-0.1, -0.05) is 34.1 Å². The van der Waals surface area contributed by atoms with Gasteiger partial charge in [0.2, 0.25) is 5.88 Å². The SMILES string of the molecule is CCCOc1cc(CNC(C)C)cc(CCC)n1. The molecule has 102 valence electrons. The fourth-order valence-electron chi connectivity index (χ4n) is 1.71. The Balaban J connectivity index is 2.76. The van der Waals surface area contributed by atoms with E-state index in [1.54, 1.807) is 0 Å². The van der Waals surface area contributed by atoms with Crippen molar-refractivity contribution >= 4 is 0 Å². The average molecular weight is 250 g/mol. The molecule has 18 heavy (non-hydrogen) atoms. The van der Waals surface area contributed by atoms with E-state index in [0.717, 1.165) is 44.0 Å². The van der Waals surface area contributed by atoms with E-state index >= 15 is 0 Å². The molecular formula is C15H26N2O. The smallest absolute Gasteiger partial charge is 0.213 e. The second-order valence-electron chi connectivity index (χ2n) is 4.94. The Hall–Kier alpha value is -1.09. The van der Waals surface area contributed by atoms with Gasteiger partial charge in [0.05, 0.1) is 6.61 Å². The highest BCUT2D eigenvalue weighted by atomic mass is 16.5. The molecule has 0 bridgehead atoms. The van der Waals surface area contributed by atoms with Crippen molar-refractivity contribution in [1.29, 1.82) is 0 Å². The lowest BCUT2D eigenvalue weighted by Gasteiger charge is -2.12. The minimum absolute atomic E-state index is 0.493. The summed E-state index contributed by atoms with van der Waals surface area (Å²) in [4.78, 5) is 4.54. The summed E-state index contributed by atoms with van der Waals surface area (Å²) < 4.78 is 5.65. The number of hydrogen-bond acceptors (Lipinski definition) is 3. The molecule has 0 unspecified atom stereocenters. The Morgan fingerprint density at radius 3 is 2.61 bits per heavy atom. The highest BCUT2D eigenvalue weighted by molar-refractivity contribution is 5.25. The van der Waals surface area contributed by atoms with Gasteiger partial charge in [0.15, 0.2) is 0 Å². The highest BCUT2D eigenvalue weighted by Crippen LogP contribution is 2.14. The number of hydrogen-bond donors (Lipinski definition) is 1. The van der Waals surface area contributed by atoms with E-state index in [-0.39, 0.29) is 0 Å². The van der Waals surface area contributed by atoms with Crippen LogP contribution in [0.2, 0.25) is 0 Å². The van der Waals surface area contributed by atoms with Crippen LogP contribution in [-0.4, -0.2) is 17.6 Å². The van der Waals surface area contributed by atoms with Crippen LogP contribution in [0.15, 0.2) is 12.1 Å². The molecule has 0 saturated heterocycles. The minimum atomic E-state index is 0.493. The van der Waals surface area contributed by atoms with Crippen LogP contribution in [0.4, 0.5) is 0 Å². The lowest BCUT2D eigenvalue weighted by atomic mass is 10.1. The fraction of sp³-hybridized carbons (Fsp3) is 0.667. The van der Waals surface area contributed by atoms with Crippen molar-refractivity contribution < 1.29 is 4.74 Å². The molecule has 3 heteroatoms. The van der Waals surface area contributed by atoms with Gasteiger partial charge in [0, 0.05) is 24.3 Å². The average Bonchev–Trinajstić information content (AvgIpc) is 2.34. The summed E-state index contributed by atoms with van der Waals surface area (Å²) in [6.45, 7) is 10.2. The van der Waals surface area contributed by atoms with Gasteiger partial charge in [-0.25, -0.2) is 4.98 Å². The maximum absolute atomic E-state index is 5.65. The second-order valence-corrected chi connectivity index (χ2v) is 4.94. The van der Waals surface area contributed by atoms with Crippen molar-refractivity contribution in [1.82, 2.24) is 10.3 Å². The largest absolute Gasteiger partial charge is 0.478 e. The molecule has 0 aromatic carbocycles. The molecule has 0 amide bonds. The standard InChI is InChI=1S/C15H26N2O/c1-5-7-14-9-13(11-16-12(3)4)10-15(17-14)18-8-6-2/h9-10,12,16H,5-8,11H2,1-4H3. The summed E-state index contributed by atoms with van der Waals surface area (Å²) in [6, 6.07) is 4.72. The molecule has 0 atom stereocenters. The second kappa shape index (κ2) is 8.09. The van der Waals surface area contributed by atoms with E-state index in [1.165, 1.54) is 5.56 Å². The zero-order valence-electron chi connectivity index (χ0n) is 12.1. The van der Waals surface area contributed by atoms with Crippen LogP contribution < -0.4 is 10.1 Å². The lowest BCUT2D eigenvalue weighted by Crippen LogP contribution is -2.22. The Labute approximate surface area is 111 Å². The zero-order chi connectivity index (χ0) is 13.4. The van der Waals surface area contributed by atoms with Gasteiger partial charge >= 0.3 is 0 Å². The molecule has 0 spiro atoms.